The maximum absolute atomic E-state index is 12.1. The number of carboxylic acid groups (broad SMARTS) is 1. The van der Waals surface area contributed by atoms with E-state index >= 15 is 0 Å². The van der Waals surface area contributed by atoms with Crippen LogP contribution in [0.15, 0.2) is 18.2 Å². The van der Waals surface area contributed by atoms with Gasteiger partial charge in [0, 0.05) is 25.8 Å². The van der Waals surface area contributed by atoms with Gasteiger partial charge >= 0.3 is 5.97 Å². The van der Waals surface area contributed by atoms with Gasteiger partial charge in [0.2, 0.25) is 15.9 Å². The Morgan fingerprint density at radius 1 is 1.21 bits per heavy atom. The fourth-order valence-corrected chi connectivity index (χ4v) is 2.78. The van der Waals surface area contributed by atoms with Crippen LogP contribution in [-0.2, 0) is 14.8 Å². The molecule has 8 nitrogen and oxygen atoms in total. The number of rotatable bonds is 8. The molecule has 0 fully saturated rings. The molecule has 9 heteroatoms. The van der Waals surface area contributed by atoms with Crippen LogP contribution in [0.5, 0.6) is 0 Å². The van der Waals surface area contributed by atoms with E-state index in [1.165, 1.54) is 12.1 Å². The lowest BCUT2D eigenvalue weighted by Crippen LogP contribution is -2.38. The largest absolute Gasteiger partial charge is 0.478 e. The smallest absolute Gasteiger partial charge is 0.337 e. The summed E-state index contributed by atoms with van der Waals surface area (Å²) in [4.78, 5) is 26.8. The standard InChI is InChI=1S/C15H23N3O5S/c1-5-18(6-2)14(19)10-17(3)11-7-8-13(16-24(4,22)23)12(9-11)15(20)21/h7-9,16H,5-6,10H2,1-4H3,(H,20,21). The van der Waals surface area contributed by atoms with E-state index in [2.05, 4.69) is 4.72 Å². The molecule has 0 saturated heterocycles. The van der Waals surface area contributed by atoms with Gasteiger partial charge in [-0.1, -0.05) is 0 Å². The van der Waals surface area contributed by atoms with Gasteiger partial charge in [-0.05, 0) is 32.0 Å². The van der Waals surface area contributed by atoms with E-state index in [0.717, 1.165) is 6.26 Å². The van der Waals surface area contributed by atoms with E-state index in [1.54, 1.807) is 22.9 Å². The summed E-state index contributed by atoms with van der Waals surface area (Å²) in [7, 11) is -1.92. The van der Waals surface area contributed by atoms with E-state index in [-0.39, 0.29) is 23.7 Å². The van der Waals surface area contributed by atoms with Crippen LogP contribution in [0.2, 0.25) is 0 Å². The molecule has 0 aliphatic heterocycles. The monoisotopic (exact) mass is 357 g/mol. The maximum Gasteiger partial charge on any atom is 0.337 e. The molecule has 0 bridgehead atoms. The number of hydrogen-bond donors (Lipinski definition) is 2. The third-order valence-corrected chi connectivity index (χ3v) is 4.05. The molecule has 0 aromatic heterocycles. The van der Waals surface area contributed by atoms with Crippen LogP contribution in [0, 0.1) is 0 Å². The van der Waals surface area contributed by atoms with E-state index in [9.17, 15) is 23.1 Å². The number of anilines is 2. The van der Waals surface area contributed by atoms with Crippen molar-refractivity contribution in [2.24, 2.45) is 0 Å². The van der Waals surface area contributed by atoms with Crippen molar-refractivity contribution in [1.82, 2.24) is 4.90 Å². The molecule has 0 spiro atoms. The minimum absolute atomic E-state index is 0.0165. The van der Waals surface area contributed by atoms with Gasteiger partial charge in [0.15, 0.2) is 0 Å². The molecule has 1 aromatic rings. The lowest BCUT2D eigenvalue weighted by molar-refractivity contribution is -0.129. The molecule has 1 rings (SSSR count). The van der Waals surface area contributed by atoms with Crippen LogP contribution < -0.4 is 9.62 Å². The van der Waals surface area contributed by atoms with Crippen LogP contribution in [0.25, 0.3) is 0 Å². The molecular weight excluding hydrogens is 334 g/mol. The van der Waals surface area contributed by atoms with E-state index < -0.39 is 16.0 Å². The molecule has 0 saturated carbocycles. The Labute approximate surface area is 142 Å². The van der Waals surface area contributed by atoms with Gasteiger partial charge < -0.3 is 14.9 Å². The highest BCUT2D eigenvalue weighted by molar-refractivity contribution is 7.92. The number of likely N-dealkylation sites (N-methyl/N-ethyl adjacent to an activating group) is 2. The SMILES string of the molecule is CCN(CC)C(=O)CN(C)c1ccc(NS(C)(=O)=O)c(C(=O)O)c1. The molecule has 0 aliphatic rings. The van der Waals surface area contributed by atoms with Crippen LogP contribution in [0.3, 0.4) is 0 Å². The zero-order valence-electron chi connectivity index (χ0n) is 14.2. The number of aromatic carboxylic acids is 1. The van der Waals surface area contributed by atoms with Crippen LogP contribution >= 0.6 is 0 Å². The molecule has 0 unspecified atom stereocenters. The molecule has 0 heterocycles. The van der Waals surface area contributed by atoms with Crippen molar-refractivity contribution in [1.29, 1.82) is 0 Å². The predicted octanol–water partition coefficient (Wildman–Crippen LogP) is 1.06. The van der Waals surface area contributed by atoms with Gasteiger partial charge in [-0.15, -0.1) is 0 Å². The number of carbonyl (C=O) groups excluding carboxylic acids is 1. The molecule has 2 N–H and O–H groups in total. The van der Waals surface area contributed by atoms with Crippen LogP contribution in [-0.4, -0.2) is 63.2 Å². The molecule has 134 valence electrons. The Morgan fingerprint density at radius 3 is 2.25 bits per heavy atom. The molecule has 1 amide bonds. The van der Waals surface area contributed by atoms with Crippen molar-refractivity contribution in [2.45, 2.75) is 13.8 Å². The zero-order valence-corrected chi connectivity index (χ0v) is 15.1. The zero-order chi connectivity index (χ0) is 18.5. The fourth-order valence-electron chi connectivity index (χ4n) is 2.21. The number of hydrogen-bond acceptors (Lipinski definition) is 5. The minimum atomic E-state index is -3.59. The average Bonchev–Trinajstić information content (AvgIpc) is 2.46. The van der Waals surface area contributed by atoms with E-state index in [4.69, 9.17) is 0 Å². The van der Waals surface area contributed by atoms with E-state index in [0.29, 0.717) is 18.8 Å². The number of amides is 1. The summed E-state index contributed by atoms with van der Waals surface area (Å²) in [5.74, 6) is -1.33. The number of benzene rings is 1. The van der Waals surface area contributed by atoms with Crippen LogP contribution in [0.4, 0.5) is 11.4 Å². The maximum atomic E-state index is 12.1. The summed E-state index contributed by atoms with van der Waals surface area (Å²) in [6, 6.07) is 4.28. The second-order valence-corrected chi connectivity index (χ2v) is 7.08. The Bertz CT molecular complexity index is 714. The minimum Gasteiger partial charge on any atom is -0.478 e. The summed E-state index contributed by atoms with van der Waals surface area (Å²) < 4.78 is 24.8. The number of sulfonamides is 1. The topological polar surface area (TPSA) is 107 Å². The number of nitrogens with zero attached hydrogens (tertiary/aromatic N) is 2. The first kappa shape index (κ1) is 19.8. The van der Waals surface area contributed by atoms with Gasteiger partial charge in [0.25, 0.3) is 0 Å². The first-order valence-corrected chi connectivity index (χ1v) is 9.32. The highest BCUT2D eigenvalue weighted by Crippen LogP contribution is 2.23. The summed E-state index contributed by atoms with van der Waals surface area (Å²) in [6.45, 7) is 5.06. The average molecular weight is 357 g/mol. The molecule has 24 heavy (non-hydrogen) atoms. The Morgan fingerprint density at radius 2 is 1.79 bits per heavy atom. The Hall–Kier alpha value is -2.29. The lowest BCUT2D eigenvalue weighted by Gasteiger charge is -2.25. The predicted molar refractivity (Wildman–Crippen MR) is 93.1 cm³/mol. The van der Waals surface area contributed by atoms with E-state index in [1.807, 2.05) is 13.8 Å². The quantitative estimate of drug-likeness (QED) is 0.720. The molecule has 0 radical (unpaired) electrons. The lowest BCUT2D eigenvalue weighted by atomic mass is 10.1. The van der Waals surface area contributed by atoms with Gasteiger partial charge in [-0.2, -0.15) is 0 Å². The first-order valence-electron chi connectivity index (χ1n) is 7.43. The molecule has 1 aromatic carbocycles. The summed E-state index contributed by atoms with van der Waals surface area (Å²) in [6.07, 6.45) is 0.946. The van der Waals surface area contributed by atoms with Crippen molar-refractivity contribution in [3.63, 3.8) is 0 Å². The number of nitrogens with one attached hydrogen (secondary N) is 1. The first-order chi connectivity index (χ1) is 11.1. The second-order valence-electron chi connectivity index (χ2n) is 5.33. The Balaban J connectivity index is 3.07. The highest BCUT2D eigenvalue weighted by Gasteiger charge is 2.17. The molecular formula is C15H23N3O5S. The highest BCUT2D eigenvalue weighted by atomic mass is 32.2. The third-order valence-electron chi connectivity index (χ3n) is 3.46. The van der Waals surface area contributed by atoms with Gasteiger partial charge in [0.05, 0.1) is 24.1 Å². The van der Waals surface area contributed by atoms with Crippen LogP contribution in [0.1, 0.15) is 24.2 Å². The molecule has 0 aliphatic carbocycles. The summed E-state index contributed by atoms with van der Waals surface area (Å²) >= 11 is 0. The van der Waals surface area contributed by atoms with Gasteiger partial charge in [0.1, 0.15) is 0 Å². The summed E-state index contributed by atoms with van der Waals surface area (Å²) in [5.41, 5.74) is 0.309. The second kappa shape index (κ2) is 8.00. The van der Waals surface area contributed by atoms with Crippen molar-refractivity contribution >= 4 is 33.3 Å². The third kappa shape index (κ3) is 5.41. The Kier molecular flexibility index (Phi) is 6.59. The van der Waals surface area contributed by atoms with Crippen molar-refractivity contribution in [3.8, 4) is 0 Å². The van der Waals surface area contributed by atoms with Crippen molar-refractivity contribution in [2.75, 3.05) is 42.6 Å². The normalized spacial score (nSPS) is 11.0. The summed E-state index contributed by atoms with van der Waals surface area (Å²) in [5, 5.41) is 9.29. The molecule has 0 atom stereocenters. The number of carboxylic acids is 1. The number of carbonyl (C=O) groups is 2. The van der Waals surface area contributed by atoms with Crippen molar-refractivity contribution < 1.29 is 23.1 Å². The van der Waals surface area contributed by atoms with Gasteiger partial charge in [-0.25, -0.2) is 13.2 Å². The fraction of sp³-hybridized carbons (Fsp3) is 0.467. The van der Waals surface area contributed by atoms with Gasteiger partial charge in [-0.3, -0.25) is 9.52 Å². The van der Waals surface area contributed by atoms with Crippen molar-refractivity contribution in [3.05, 3.63) is 23.8 Å².